The van der Waals surface area contributed by atoms with E-state index >= 15 is 0 Å². The zero-order chi connectivity index (χ0) is 14.2. The highest BCUT2D eigenvalue weighted by Crippen LogP contribution is 2.53. The van der Waals surface area contributed by atoms with Gasteiger partial charge >= 0.3 is 0 Å². The molecule has 1 spiro atoms. The van der Waals surface area contributed by atoms with Gasteiger partial charge in [-0.3, -0.25) is 0 Å². The summed E-state index contributed by atoms with van der Waals surface area (Å²) in [6, 6.07) is 5.25. The van der Waals surface area contributed by atoms with Crippen LogP contribution in [0.5, 0.6) is 0 Å². The Bertz CT molecular complexity index is 623. The summed E-state index contributed by atoms with van der Waals surface area (Å²) in [5, 5.41) is 0. The monoisotopic (exact) mass is 290 g/mol. The van der Waals surface area contributed by atoms with Crippen LogP contribution < -0.4 is 0 Å². The SMILES string of the molecule is CC.Fc1ccc2c(c1)CCC21SCCn2cncc21. The number of fused-ring (bicyclic) bond motifs is 4. The van der Waals surface area contributed by atoms with Crippen LogP contribution in [0, 0.1) is 5.82 Å². The molecule has 1 atom stereocenters. The second-order valence-electron chi connectivity index (χ2n) is 4.95. The first-order chi connectivity index (χ1) is 9.79. The van der Waals surface area contributed by atoms with E-state index in [4.69, 9.17) is 0 Å². The number of nitrogens with zero attached hydrogens (tertiary/aromatic N) is 2. The van der Waals surface area contributed by atoms with E-state index in [2.05, 4.69) is 9.55 Å². The molecule has 20 heavy (non-hydrogen) atoms. The van der Waals surface area contributed by atoms with E-state index in [0.29, 0.717) is 0 Å². The summed E-state index contributed by atoms with van der Waals surface area (Å²) in [7, 11) is 0. The van der Waals surface area contributed by atoms with Crippen molar-refractivity contribution in [2.24, 2.45) is 0 Å². The van der Waals surface area contributed by atoms with Crippen molar-refractivity contribution in [3.05, 3.63) is 53.4 Å². The number of imidazole rings is 1. The van der Waals surface area contributed by atoms with Gasteiger partial charge in [-0.1, -0.05) is 19.9 Å². The Kier molecular flexibility index (Phi) is 3.59. The highest BCUT2D eigenvalue weighted by atomic mass is 32.2. The lowest BCUT2D eigenvalue weighted by Crippen LogP contribution is -2.29. The predicted molar refractivity (Wildman–Crippen MR) is 81.5 cm³/mol. The second-order valence-corrected chi connectivity index (χ2v) is 6.34. The Hall–Kier alpha value is -1.29. The van der Waals surface area contributed by atoms with Crippen LogP contribution in [0.3, 0.4) is 0 Å². The molecule has 0 fully saturated rings. The van der Waals surface area contributed by atoms with Gasteiger partial charge < -0.3 is 4.57 Å². The summed E-state index contributed by atoms with van der Waals surface area (Å²) in [5.74, 6) is 0.973. The maximum Gasteiger partial charge on any atom is 0.123 e. The van der Waals surface area contributed by atoms with Gasteiger partial charge in [0, 0.05) is 18.5 Å². The Balaban J connectivity index is 0.000000581. The van der Waals surface area contributed by atoms with Crippen LogP contribution in [0.2, 0.25) is 0 Å². The third-order valence-corrected chi connectivity index (χ3v) is 5.57. The molecule has 0 saturated carbocycles. The number of rotatable bonds is 0. The lowest BCUT2D eigenvalue weighted by Gasteiger charge is -2.34. The largest absolute Gasteiger partial charge is 0.332 e. The predicted octanol–water partition coefficient (Wildman–Crippen LogP) is 3.99. The summed E-state index contributed by atoms with van der Waals surface area (Å²) in [4.78, 5) is 4.29. The van der Waals surface area contributed by atoms with Gasteiger partial charge in [0.1, 0.15) is 5.82 Å². The van der Waals surface area contributed by atoms with Gasteiger partial charge in [-0.2, -0.15) is 0 Å². The summed E-state index contributed by atoms with van der Waals surface area (Å²) < 4.78 is 15.6. The van der Waals surface area contributed by atoms with Crippen molar-refractivity contribution in [2.45, 2.75) is 38.0 Å². The molecular formula is C16H19FN2S. The number of aryl methyl sites for hydroxylation is 2. The summed E-state index contributed by atoms with van der Waals surface area (Å²) in [5.41, 5.74) is 3.73. The van der Waals surface area contributed by atoms with E-state index in [-0.39, 0.29) is 10.6 Å². The molecule has 1 aromatic carbocycles. The number of benzene rings is 1. The van der Waals surface area contributed by atoms with Gasteiger partial charge in [0.05, 0.1) is 16.8 Å². The van der Waals surface area contributed by atoms with Gasteiger partial charge in [0.2, 0.25) is 0 Å². The molecule has 2 aromatic rings. The maximum absolute atomic E-state index is 13.3. The van der Waals surface area contributed by atoms with Crippen LogP contribution in [0.25, 0.3) is 0 Å². The molecule has 0 saturated heterocycles. The van der Waals surface area contributed by atoms with Crippen molar-refractivity contribution in [3.8, 4) is 0 Å². The van der Waals surface area contributed by atoms with Crippen molar-refractivity contribution in [3.63, 3.8) is 0 Å². The first-order valence-corrected chi connectivity index (χ1v) is 8.22. The Morgan fingerprint density at radius 3 is 3.05 bits per heavy atom. The Morgan fingerprint density at radius 1 is 1.35 bits per heavy atom. The minimum Gasteiger partial charge on any atom is -0.332 e. The van der Waals surface area contributed by atoms with Gasteiger partial charge in [-0.05, 0) is 36.1 Å². The lowest BCUT2D eigenvalue weighted by molar-refractivity contribution is 0.601. The molecule has 106 valence electrons. The Labute approximate surface area is 123 Å². The topological polar surface area (TPSA) is 17.8 Å². The molecular weight excluding hydrogens is 271 g/mol. The molecule has 4 heteroatoms. The molecule has 2 heterocycles. The Morgan fingerprint density at radius 2 is 2.20 bits per heavy atom. The number of thioether (sulfide) groups is 1. The van der Waals surface area contributed by atoms with Crippen LogP contribution >= 0.6 is 11.8 Å². The normalized spacial score (nSPS) is 22.9. The summed E-state index contributed by atoms with van der Waals surface area (Å²) >= 11 is 1.99. The van der Waals surface area contributed by atoms with Crippen LogP contribution in [-0.4, -0.2) is 15.3 Å². The molecule has 2 nitrogen and oxygen atoms in total. The molecule has 1 aliphatic carbocycles. The highest BCUT2D eigenvalue weighted by Gasteiger charge is 2.44. The van der Waals surface area contributed by atoms with Crippen molar-refractivity contribution in [1.29, 1.82) is 0 Å². The van der Waals surface area contributed by atoms with Crippen molar-refractivity contribution in [2.75, 3.05) is 5.75 Å². The quantitative estimate of drug-likeness (QED) is 0.730. The molecule has 2 aliphatic rings. The fourth-order valence-corrected chi connectivity index (χ4v) is 4.81. The van der Waals surface area contributed by atoms with Crippen molar-refractivity contribution < 1.29 is 4.39 Å². The fraction of sp³-hybridized carbons (Fsp3) is 0.438. The molecule has 1 unspecified atom stereocenters. The van der Waals surface area contributed by atoms with Gasteiger partial charge in [-0.15, -0.1) is 11.8 Å². The first kappa shape index (κ1) is 13.7. The summed E-state index contributed by atoms with van der Waals surface area (Å²) in [6.07, 6.45) is 5.91. The second kappa shape index (κ2) is 5.24. The summed E-state index contributed by atoms with van der Waals surface area (Å²) in [6.45, 7) is 5.03. The van der Waals surface area contributed by atoms with Crippen LogP contribution in [-0.2, 0) is 17.7 Å². The van der Waals surface area contributed by atoms with Crippen LogP contribution in [0.15, 0.2) is 30.7 Å². The van der Waals surface area contributed by atoms with Crippen LogP contribution in [0.4, 0.5) is 4.39 Å². The highest BCUT2D eigenvalue weighted by molar-refractivity contribution is 8.00. The van der Waals surface area contributed by atoms with Gasteiger partial charge in [0.25, 0.3) is 0 Å². The molecule has 0 amide bonds. The van der Waals surface area contributed by atoms with Gasteiger partial charge in [0.15, 0.2) is 0 Å². The zero-order valence-electron chi connectivity index (χ0n) is 11.9. The lowest BCUT2D eigenvalue weighted by atomic mass is 9.96. The zero-order valence-corrected chi connectivity index (χ0v) is 12.7. The van der Waals surface area contributed by atoms with Gasteiger partial charge in [-0.25, -0.2) is 9.37 Å². The number of hydrogen-bond donors (Lipinski definition) is 0. The van der Waals surface area contributed by atoms with E-state index in [1.807, 2.05) is 44.2 Å². The molecule has 0 N–H and O–H groups in total. The third-order valence-electron chi connectivity index (χ3n) is 4.06. The first-order valence-electron chi connectivity index (χ1n) is 7.23. The molecule has 0 radical (unpaired) electrons. The molecule has 1 aliphatic heterocycles. The minimum atomic E-state index is -0.125. The van der Waals surface area contributed by atoms with E-state index in [0.717, 1.165) is 30.7 Å². The average molecular weight is 290 g/mol. The van der Waals surface area contributed by atoms with Crippen molar-refractivity contribution in [1.82, 2.24) is 9.55 Å². The minimum absolute atomic E-state index is 0.0117. The average Bonchev–Trinajstić information content (AvgIpc) is 3.08. The smallest absolute Gasteiger partial charge is 0.123 e. The van der Waals surface area contributed by atoms with E-state index < -0.39 is 0 Å². The molecule has 1 aromatic heterocycles. The van der Waals surface area contributed by atoms with E-state index in [1.165, 1.54) is 11.3 Å². The molecule has 0 bridgehead atoms. The van der Waals surface area contributed by atoms with Crippen LogP contribution in [0.1, 0.15) is 37.1 Å². The number of aromatic nitrogens is 2. The molecule has 4 rings (SSSR count). The fourth-order valence-electron chi connectivity index (χ4n) is 3.25. The third kappa shape index (κ3) is 1.89. The van der Waals surface area contributed by atoms with Crippen molar-refractivity contribution >= 4 is 11.8 Å². The number of hydrogen-bond acceptors (Lipinski definition) is 2. The standard InChI is InChI=1S/C14H13FN2S.C2H6/c15-11-1-2-12-10(7-11)3-4-14(12)13-8-16-9-17(13)5-6-18-14;1-2/h1-2,7-9H,3-6H2;1-2H3. The van der Waals surface area contributed by atoms with E-state index in [1.54, 1.807) is 12.1 Å². The maximum atomic E-state index is 13.3. The number of halogens is 1. The van der Waals surface area contributed by atoms with E-state index in [9.17, 15) is 4.39 Å².